The summed E-state index contributed by atoms with van der Waals surface area (Å²) in [4.78, 5) is 3.96. The van der Waals surface area contributed by atoms with Crippen molar-refractivity contribution in [3.8, 4) is 0 Å². The van der Waals surface area contributed by atoms with Gasteiger partial charge in [0.25, 0.3) is 0 Å². The Balaban J connectivity index is 3.02. The molecule has 1 aromatic heterocycles. The van der Waals surface area contributed by atoms with Gasteiger partial charge in [-0.1, -0.05) is 24.3 Å². The summed E-state index contributed by atoms with van der Waals surface area (Å²) in [5, 5.41) is 0. The van der Waals surface area contributed by atoms with Crippen LogP contribution in [0.4, 0.5) is 0 Å². The molecule has 2 heteroatoms. The largest absolute Gasteiger partial charge is 0.473 e. The average molecular weight is 173 g/mol. The molecule has 0 aliphatic rings. The summed E-state index contributed by atoms with van der Waals surface area (Å²) in [6, 6.07) is 13.0. The molecular formula is C11H11NO. The first kappa shape index (κ1) is 9.26. The molecule has 66 valence electrons. The van der Waals surface area contributed by atoms with E-state index in [9.17, 15) is 0 Å². The van der Waals surface area contributed by atoms with E-state index in [0.29, 0.717) is 0 Å². The zero-order valence-corrected chi connectivity index (χ0v) is 7.21. The van der Waals surface area contributed by atoms with E-state index in [2.05, 4.69) is 4.98 Å². The summed E-state index contributed by atoms with van der Waals surface area (Å²) in [6.07, 6.45) is 6.52. The molecule has 0 amide bonds. The van der Waals surface area contributed by atoms with Crippen LogP contribution in [0.3, 0.4) is 0 Å². The van der Waals surface area contributed by atoms with Crippen LogP contribution in [-0.4, -0.2) is 4.98 Å². The summed E-state index contributed by atoms with van der Waals surface area (Å²) in [7, 11) is 0. The van der Waals surface area contributed by atoms with E-state index in [1.165, 1.54) is 0 Å². The highest BCUT2D eigenvalue weighted by Crippen LogP contribution is 1.78. The second kappa shape index (κ2) is 6.85. The van der Waals surface area contributed by atoms with Crippen molar-refractivity contribution in [2.45, 2.75) is 0 Å². The maximum absolute atomic E-state index is 5.00. The smallest absolute Gasteiger partial charge is 0.0916 e. The van der Waals surface area contributed by atoms with Gasteiger partial charge in [-0.05, 0) is 18.2 Å². The van der Waals surface area contributed by atoms with Crippen LogP contribution in [0.2, 0.25) is 0 Å². The van der Waals surface area contributed by atoms with Gasteiger partial charge in [-0.3, -0.25) is 4.98 Å². The van der Waals surface area contributed by atoms with Gasteiger partial charge in [-0.25, -0.2) is 0 Å². The molecule has 0 aliphatic heterocycles. The standard InChI is InChI=1S/C11H11NO/c1-2-4-6-10-13-11-7-9-12-8-5-3-1/h1-11H. The van der Waals surface area contributed by atoms with Gasteiger partial charge in [0.05, 0.1) is 12.5 Å². The Morgan fingerprint density at radius 1 is 0.615 bits per heavy atom. The Morgan fingerprint density at radius 2 is 1.23 bits per heavy atom. The van der Waals surface area contributed by atoms with Gasteiger partial charge in [-0.15, -0.1) is 0 Å². The lowest BCUT2D eigenvalue weighted by Gasteiger charge is -1.68. The molecule has 0 saturated heterocycles. The fraction of sp³-hybridized carbons (Fsp3) is 0. The quantitative estimate of drug-likeness (QED) is 0.602. The first-order valence-corrected chi connectivity index (χ1v) is 3.99. The van der Waals surface area contributed by atoms with Crippen molar-refractivity contribution >= 4 is 0 Å². The molecule has 1 aromatic rings. The molecule has 0 aliphatic carbocycles. The predicted octanol–water partition coefficient (Wildman–Crippen LogP) is 2.92. The Labute approximate surface area is 77.5 Å². The van der Waals surface area contributed by atoms with E-state index in [1.54, 1.807) is 31.0 Å². The number of hydrogen-bond acceptors (Lipinski definition) is 2. The zero-order valence-electron chi connectivity index (χ0n) is 7.21. The highest BCUT2D eigenvalue weighted by molar-refractivity contribution is 4.91. The number of nitrogens with zero attached hydrogens (tertiary/aromatic N) is 1. The molecule has 1 heterocycles. The van der Waals surface area contributed by atoms with Gasteiger partial charge >= 0.3 is 0 Å². The molecule has 0 fully saturated rings. The number of rotatable bonds is 0. The first-order valence-electron chi connectivity index (χ1n) is 3.99. The fourth-order valence-electron chi connectivity index (χ4n) is 0.672. The number of aromatic nitrogens is 1. The Hall–Kier alpha value is -1.83. The Morgan fingerprint density at radius 3 is 2.15 bits per heavy atom. The number of hydrogen-bond donors (Lipinski definition) is 0. The summed E-state index contributed by atoms with van der Waals surface area (Å²) >= 11 is 0. The lowest BCUT2D eigenvalue weighted by molar-refractivity contribution is 0.554. The molecule has 0 atom stereocenters. The third kappa shape index (κ3) is 5.44. The minimum absolute atomic E-state index is 1.56. The van der Waals surface area contributed by atoms with Crippen molar-refractivity contribution in [3.63, 3.8) is 0 Å². The first-order chi connectivity index (χ1) is 6.50. The predicted molar refractivity (Wildman–Crippen MR) is 51.8 cm³/mol. The van der Waals surface area contributed by atoms with Crippen LogP contribution in [0, 0.1) is 0 Å². The highest BCUT2D eigenvalue weighted by Gasteiger charge is 1.59. The summed E-state index contributed by atoms with van der Waals surface area (Å²) in [5.41, 5.74) is 0. The molecular weight excluding hydrogens is 162 g/mol. The fourth-order valence-corrected chi connectivity index (χ4v) is 0.672. The normalized spacial score (nSPS) is 8.00. The molecule has 0 radical (unpaired) electrons. The van der Waals surface area contributed by atoms with Crippen molar-refractivity contribution in [1.29, 1.82) is 0 Å². The van der Waals surface area contributed by atoms with Gasteiger partial charge in [0, 0.05) is 12.4 Å². The molecule has 0 spiro atoms. The van der Waals surface area contributed by atoms with E-state index in [4.69, 9.17) is 4.42 Å². The van der Waals surface area contributed by atoms with Gasteiger partial charge in [-0.2, -0.15) is 0 Å². The van der Waals surface area contributed by atoms with E-state index in [-0.39, 0.29) is 0 Å². The topological polar surface area (TPSA) is 26.0 Å². The molecule has 0 saturated carbocycles. The summed E-state index contributed by atoms with van der Waals surface area (Å²) in [5.74, 6) is 0. The third-order valence-corrected chi connectivity index (χ3v) is 1.21. The summed E-state index contributed by atoms with van der Waals surface area (Å²) < 4.78 is 5.00. The van der Waals surface area contributed by atoms with Crippen LogP contribution in [0.15, 0.2) is 71.8 Å². The van der Waals surface area contributed by atoms with Gasteiger partial charge in [0.15, 0.2) is 0 Å². The van der Waals surface area contributed by atoms with Gasteiger partial charge < -0.3 is 4.42 Å². The van der Waals surface area contributed by atoms with E-state index in [1.807, 2.05) is 36.4 Å². The lowest BCUT2D eigenvalue weighted by atomic mass is 10.5. The monoisotopic (exact) mass is 173 g/mol. The van der Waals surface area contributed by atoms with E-state index >= 15 is 0 Å². The molecule has 0 unspecified atom stereocenters. The van der Waals surface area contributed by atoms with Crippen molar-refractivity contribution in [2.24, 2.45) is 0 Å². The minimum Gasteiger partial charge on any atom is -0.473 e. The molecule has 2 nitrogen and oxygen atoms in total. The minimum atomic E-state index is 1.56. The van der Waals surface area contributed by atoms with E-state index in [0.717, 1.165) is 0 Å². The second-order valence-electron chi connectivity index (χ2n) is 2.20. The van der Waals surface area contributed by atoms with Crippen LogP contribution in [0.5, 0.6) is 0 Å². The molecule has 0 N–H and O–H groups in total. The lowest BCUT2D eigenvalue weighted by Crippen LogP contribution is -1.54. The Kier molecular flexibility index (Phi) is 4.88. The third-order valence-electron chi connectivity index (χ3n) is 1.21. The molecule has 0 bridgehead atoms. The van der Waals surface area contributed by atoms with Crippen molar-refractivity contribution in [1.82, 2.24) is 4.98 Å². The molecule has 1 rings (SSSR count). The van der Waals surface area contributed by atoms with Gasteiger partial charge in [0.2, 0.25) is 0 Å². The van der Waals surface area contributed by atoms with Crippen LogP contribution >= 0.6 is 0 Å². The Bertz CT molecular complexity index is 204. The summed E-state index contributed by atoms with van der Waals surface area (Å²) in [6.45, 7) is 0. The maximum Gasteiger partial charge on any atom is 0.0916 e. The van der Waals surface area contributed by atoms with Crippen LogP contribution in [-0.2, 0) is 0 Å². The highest BCUT2D eigenvalue weighted by atomic mass is 16.3. The zero-order chi connectivity index (χ0) is 9.19. The van der Waals surface area contributed by atoms with Crippen LogP contribution < -0.4 is 0 Å². The van der Waals surface area contributed by atoms with Crippen molar-refractivity contribution in [3.05, 3.63) is 67.4 Å². The second-order valence-corrected chi connectivity index (χ2v) is 2.20. The maximum atomic E-state index is 5.00. The van der Waals surface area contributed by atoms with Crippen molar-refractivity contribution in [2.75, 3.05) is 0 Å². The molecule has 13 heavy (non-hydrogen) atoms. The van der Waals surface area contributed by atoms with Crippen LogP contribution in [0.25, 0.3) is 0 Å². The van der Waals surface area contributed by atoms with E-state index < -0.39 is 0 Å². The van der Waals surface area contributed by atoms with Crippen molar-refractivity contribution < 1.29 is 4.42 Å². The van der Waals surface area contributed by atoms with Gasteiger partial charge in [0.1, 0.15) is 0 Å². The van der Waals surface area contributed by atoms with Crippen LogP contribution in [0.1, 0.15) is 0 Å². The molecule has 0 aromatic carbocycles. The average Bonchev–Trinajstić information content (AvgIpc) is 2.18. The SMILES string of the molecule is c1ccccocccnccc1.